The Labute approximate surface area is 132 Å². The summed E-state index contributed by atoms with van der Waals surface area (Å²) in [5, 5.41) is 14.7. The van der Waals surface area contributed by atoms with Gasteiger partial charge in [0.15, 0.2) is 11.8 Å². The lowest BCUT2D eigenvalue weighted by Gasteiger charge is -2.23. The number of aromatic nitrogens is 3. The molecule has 110 valence electrons. The van der Waals surface area contributed by atoms with E-state index in [9.17, 15) is 0 Å². The molecule has 6 nitrogen and oxygen atoms in total. The highest BCUT2D eigenvalue weighted by atomic mass is 127. The van der Waals surface area contributed by atoms with Gasteiger partial charge in [0.2, 0.25) is 0 Å². The first-order valence-corrected chi connectivity index (χ1v) is 6.25. The lowest BCUT2D eigenvalue weighted by atomic mass is 10.1. The van der Waals surface area contributed by atoms with E-state index in [0.717, 1.165) is 24.2 Å². The van der Waals surface area contributed by atoms with Crippen LogP contribution < -0.4 is 10.6 Å². The van der Waals surface area contributed by atoms with E-state index in [1.54, 1.807) is 0 Å². The minimum atomic E-state index is -0.0171. The molecular weight excluding hydrogens is 355 g/mol. The molecule has 0 aliphatic heterocycles. The zero-order valence-electron chi connectivity index (χ0n) is 12.6. The minimum absolute atomic E-state index is 0. The Morgan fingerprint density at radius 3 is 2.37 bits per heavy atom. The number of hydrogen-bond donors (Lipinski definition) is 2. The molecule has 1 rings (SSSR count). The number of aliphatic imine (C=N–C) groups is 1. The third kappa shape index (κ3) is 6.22. The fraction of sp³-hybridized carbons (Fsp3) is 0.750. The largest absolute Gasteiger partial charge is 0.357 e. The smallest absolute Gasteiger partial charge is 0.192 e. The molecular formula is C12H25IN6. The Morgan fingerprint density at radius 1 is 1.32 bits per heavy atom. The molecule has 0 aliphatic carbocycles. The summed E-state index contributed by atoms with van der Waals surface area (Å²) in [6.07, 6.45) is 0. The monoisotopic (exact) mass is 380 g/mol. The van der Waals surface area contributed by atoms with Gasteiger partial charge >= 0.3 is 0 Å². The van der Waals surface area contributed by atoms with Crippen molar-refractivity contribution in [1.29, 1.82) is 0 Å². The summed E-state index contributed by atoms with van der Waals surface area (Å²) in [5.41, 5.74) is -0.0171. The molecule has 0 radical (unpaired) electrons. The summed E-state index contributed by atoms with van der Waals surface area (Å²) >= 11 is 0. The van der Waals surface area contributed by atoms with E-state index < -0.39 is 0 Å². The maximum absolute atomic E-state index is 4.51. The lowest BCUT2D eigenvalue weighted by molar-refractivity contribution is 0.501. The van der Waals surface area contributed by atoms with Crippen molar-refractivity contribution in [1.82, 2.24) is 25.4 Å². The molecule has 0 aliphatic rings. The Morgan fingerprint density at radius 2 is 1.95 bits per heavy atom. The van der Waals surface area contributed by atoms with Gasteiger partial charge < -0.3 is 15.2 Å². The quantitative estimate of drug-likeness (QED) is 0.475. The summed E-state index contributed by atoms with van der Waals surface area (Å²) in [6, 6.07) is 0. The average molecular weight is 380 g/mol. The van der Waals surface area contributed by atoms with Gasteiger partial charge in [-0.1, -0.05) is 0 Å². The summed E-state index contributed by atoms with van der Waals surface area (Å²) in [6.45, 7) is 11.6. The normalized spacial score (nSPS) is 12.0. The van der Waals surface area contributed by atoms with Crippen molar-refractivity contribution in [3.05, 3.63) is 11.6 Å². The van der Waals surface area contributed by atoms with Gasteiger partial charge in [0.05, 0.1) is 0 Å². The van der Waals surface area contributed by atoms with Crippen LogP contribution in [0.5, 0.6) is 0 Å². The third-order valence-electron chi connectivity index (χ3n) is 2.40. The van der Waals surface area contributed by atoms with Crippen molar-refractivity contribution in [2.45, 2.75) is 46.7 Å². The first-order chi connectivity index (χ1) is 8.33. The molecule has 0 unspecified atom stereocenters. The van der Waals surface area contributed by atoms with Crippen LogP contribution in [0, 0.1) is 6.92 Å². The number of nitrogens with zero attached hydrogens (tertiary/aromatic N) is 4. The highest BCUT2D eigenvalue weighted by molar-refractivity contribution is 14.0. The molecule has 0 fully saturated rings. The van der Waals surface area contributed by atoms with E-state index in [-0.39, 0.29) is 29.5 Å². The van der Waals surface area contributed by atoms with E-state index in [0.29, 0.717) is 6.54 Å². The van der Waals surface area contributed by atoms with E-state index in [4.69, 9.17) is 0 Å². The maximum Gasteiger partial charge on any atom is 0.192 e. The molecule has 0 amide bonds. The highest BCUT2D eigenvalue weighted by Gasteiger charge is 2.12. The van der Waals surface area contributed by atoms with Crippen LogP contribution in [0.2, 0.25) is 0 Å². The van der Waals surface area contributed by atoms with Crippen molar-refractivity contribution < 1.29 is 0 Å². The summed E-state index contributed by atoms with van der Waals surface area (Å²) < 4.78 is 1.95. The van der Waals surface area contributed by atoms with Crippen LogP contribution in [-0.2, 0) is 13.6 Å². The van der Waals surface area contributed by atoms with Crippen LogP contribution in [0.4, 0.5) is 0 Å². The second-order valence-electron chi connectivity index (χ2n) is 5.29. The summed E-state index contributed by atoms with van der Waals surface area (Å²) in [5.74, 6) is 2.55. The molecule has 1 aromatic heterocycles. The SMILES string of the molecule is CCNC(=NCc1nnc(C)n1C)NC(C)(C)C.I. The number of halogens is 1. The molecule has 19 heavy (non-hydrogen) atoms. The predicted molar refractivity (Wildman–Crippen MR) is 88.9 cm³/mol. The third-order valence-corrected chi connectivity index (χ3v) is 2.40. The van der Waals surface area contributed by atoms with Crippen LogP contribution in [0.15, 0.2) is 4.99 Å². The summed E-state index contributed by atoms with van der Waals surface area (Å²) in [7, 11) is 1.95. The van der Waals surface area contributed by atoms with Gasteiger partial charge in [-0.2, -0.15) is 0 Å². The van der Waals surface area contributed by atoms with Crippen LogP contribution in [0.25, 0.3) is 0 Å². The van der Waals surface area contributed by atoms with Crippen molar-refractivity contribution in [3.8, 4) is 0 Å². The fourth-order valence-electron chi connectivity index (χ4n) is 1.40. The Balaban J connectivity index is 0.00000324. The van der Waals surface area contributed by atoms with Crippen LogP contribution in [0.1, 0.15) is 39.3 Å². The molecule has 0 spiro atoms. The van der Waals surface area contributed by atoms with E-state index in [1.165, 1.54) is 0 Å². The molecule has 1 aromatic rings. The standard InChI is InChI=1S/C12H24N6.HI/c1-7-13-11(15-12(3,4)5)14-8-10-17-16-9(2)18(10)6;/h7-8H2,1-6H3,(H2,13,14,15);1H. The van der Waals surface area contributed by atoms with Crippen molar-refractivity contribution in [2.24, 2.45) is 12.0 Å². The highest BCUT2D eigenvalue weighted by Crippen LogP contribution is 2.01. The van der Waals surface area contributed by atoms with Gasteiger partial charge in [-0.3, -0.25) is 0 Å². The first-order valence-electron chi connectivity index (χ1n) is 6.25. The van der Waals surface area contributed by atoms with Gasteiger partial charge in [-0.15, -0.1) is 34.2 Å². The maximum atomic E-state index is 4.51. The minimum Gasteiger partial charge on any atom is -0.357 e. The first kappa shape index (κ1) is 18.1. The fourth-order valence-corrected chi connectivity index (χ4v) is 1.40. The predicted octanol–water partition coefficient (Wildman–Crippen LogP) is 1.60. The number of nitrogens with one attached hydrogen (secondary N) is 2. The second-order valence-corrected chi connectivity index (χ2v) is 5.29. The molecule has 7 heteroatoms. The van der Waals surface area contributed by atoms with Crippen LogP contribution in [0.3, 0.4) is 0 Å². The Kier molecular flexibility index (Phi) is 7.32. The van der Waals surface area contributed by atoms with Gasteiger partial charge in [-0.25, -0.2) is 4.99 Å². The topological polar surface area (TPSA) is 67.1 Å². The lowest BCUT2D eigenvalue weighted by Crippen LogP contribution is -2.47. The Bertz CT molecular complexity index is 418. The number of aryl methyl sites for hydroxylation is 1. The van der Waals surface area contributed by atoms with E-state index in [2.05, 4.69) is 46.6 Å². The Hall–Kier alpha value is -0.860. The molecule has 0 aromatic carbocycles. The molecule has 2 N–H and O–H groups in total. The zero-order chi connectivity index (χ0) is 13.8. The van der Waals surface area contributed by atoms with E-state index >= 15 is 0 Å². The molecule has 1 heterocycles. The van der Waals surface area contributed by atoms with Crippen molar-refractivity contribution >= 4 is 29.9 Å². The van der Waals surface area contributed by atoms with Gasteiger partial charge in [-0.05, 0) is 34.6 Å². The number of hydrogen-bond acceptors (Lipinski definition) is 3. The van der Waals surface area contributed by atoms with Crippen LogP contribution >= 0.6 is 24.0 Å². The number of rotatable bonds is 3. The van der Waals surface area contributed by atoms with Gasteiger partial charge in [0.1, 0.15) is 12.4 Å². The van der Waals surface area contributed by atoms with E-state index in [1.807, 2.05) is 25.5 Å². The zero-order valence-corrected chi connectivity index (χ0v) is 14.9. The van der Waals surface area contributed by atoms with Gasteiger partial charge in [0.25, 0.3) is 0 Å². The molecule has 0 saturated heterocycles. The second kappa shape index (κ2) is 7.66. The molecule has 0 bridgehead atoms. The molecule has 0 saturated carbocycles. The summed E-state index contributed by atoms with van der Waals surface area (Å²) in [4.78, 5) is 4.51. The number of guanidine groups is 1. The van der Waals surface area contributed by atoms with Crippen molar-refractivity contribution in [3.63, 3.8) is 0 Å². The molecule has 0 atom stereocenters. The average Bonchev–Trinajstić information content (AvgIpc) is 2.55. The van der Waals surface area contributed by atoms with Crippen LogP contribution in [-0.4, -0.2) is 32.8 Å². The van der Waals surface area contributed by atoms with Crippen molar-refractivity contribution in [2.75, 3.05) is 6.54 Å². The van der Waals surface area contributed by atoms with Gasteiger partial charge in [0, 0.05) is 19.1 Å².